The third kappa shape index (κ3) is 1.83. The van der Waals surface area contributed by atoms with E-state index in [-0.39, 0.29) is 0 Å². The van der Waals surface area contributed by atoms with Gasteiger partial charge in [0, 0.05) is 12.5 Å². The molecule has 1 aromatic carbocycles. The largest absolute Gasteiger partial charge is 0.316 e. The Bertz CT molecular complexity index is 306. The van der Waals surface area contributed by atoms with E-state index >= 15 is 0 Å². The Balaban J connectivity index is 2.21. The normalized spacial score (nSPS) is 26.7. The smallest absolute Gasteiger partial charge is 0.00234 e. The maximum absolute atomic E-state index is 3.49. The van der Waals surface area contributed by atoms with Crippen LogP contribution in [-0.2, 0) is 0 Å². The Morgan fingerprint density at radius 1 is 1.36 bits per heavy atom. The van der Waals surface area contributed by atoms with Gasteiger partial charge < -0.3 is 5.32 Å². The second kappa shape index (κ2) is 4.14. The molecule has 2 atom stereocenters. The van der Waals surface area contributed by atoms with E-state index in [0.717, 1.165) is 18.4 Å². The summed E-state index contributed by atoms with van der Waals surface area (Å²) in [7, 11) is 0. The minimum absolute atomic E-state index is 0.736. The predicted molar refractivity (Wildman–Crippen MR) is 60.6 cm³/mol. The van der Waals surface area contributed by atoms with Crippen LogP contribution >= 0.6 is 0 Å². The van der Waals surface area contributed by atoms with Crippen LogP contribution in [0.2, 0.25) is 0 Å². The molecule has 0 radical (unpaired) electrons. The van der Waals surface area contributed by atoms with Gasteiger partial charge in [-0.25, -0.2) is 0 Å². The molecule has 2 rings (SSSR count). The molecule has 1 nitrogen and oxygen atoms in total. The van der Waals surface area contributed by atoms with Crippen LogP contribution in [-0.4, -0.2) is 13.1 Å². The molecule has 0 aromatic heterocycles. The van der Waals surface area contributed by atoms with Gasteiger partial charge in [0.05, 0.1) is 0 Å². The van der Waals surface area contributed by atoms with Crippen LogP contribution in [0.15, 0.2) is 24.3 Å². The lowest BCUT2D eigenvalue weighted by atomic mass is 9.87. The van der Waals surface area contributed by atoms with E-state index < -0.39 is 0 Å². The highest BCUT2D eigenvalue weighted by Crippen LogP contribution is 2.30. The molecule has 0 spiro atoms. The molecule has 1 fully saturated rings. The number of benzene rings is 1. The van der Waals surface area contributed by atoms with Gasteiger partial charge in [0.15, 0.2) is 0 Å². The van der Waals surface area contributed by atoms with Gasteiger partial charge in [-0.1, -0.05) is 43.2 Å². The van der Waals surface area contributed by atoms with Crippen molar-refractivity contribution in [1.82, 2.24) is 5.32 Å². The monoisotopic (exact) mass is 189 g/mol. The first-order valence-corrected chi connectivity index (χ1v) is 5.58. The molecule has 1 aliphatic rings. The molecular weight excluding hydrogens is 170 g/mol. The van der Waals surface area contributed by atoms with Crippen molar-refractivity contribution in [2.45, 2.75) is 26.2 Å². The van der Waals surface area contributed by atoms with Gasteiger partial charge in [0.2, 0.25) is 0 Å². The molecule has 14 heavy (non-hydrogen) atoms. The Morgan fingerprint density at radius 3 is 2.93 bits per heavy atom. The summed E-state index contributed by atoms with van der Waals surface area (Å²) in [6.07, 6.45) is 1.28. The van der Waals surface area contributed by atoms with Crippen molar-refractivity contribution in [1.29, 1.82) is 0 Å². The maximum Gasteiger partial charge on any atom is 0.00234 e. The van der Waals surface area contributed by atoms with E-state index in [4.69, 9.17) is 0 Å². The molecular formula is C13H19N. The van der Waals surface area contributed by atoms with E-state index in [1.807, 2.05) is 0 Å². The molecule has 1 heteroatoms. The number of rotatable bonds is 2. The molecule has 0 aliphatic carbocycles. The molecule has 1 N–H and O–H groups in total. The second-order valence-electron chi connectivity index (χ2n) is 4.35. The van der Waals surface area contributed by atoms with E-state index in [0.29, 0.717) is 0 Å². The van der Waals surface area contributed by atoms with Crippen molar-refractivity contribution in [2.75, 3.05) is 13.1 Å². The van der Waals surface area contributed by atoms with Gasteiger partial charge in [-0.3, -0.25) is 0 Å². The fourth-order valence-electron chi connectivity index (χ4n) is 2.45. The molecule has 0 bridgehead atoms. The molecule has 1 aromatic rings. The van der Waals surface area contributed by atoms with Crippen LogP contribution in [0.25, 0.3) is 0 Å². The lowest BCUT2D eigenvalue weighted by Crippen LogP contribution is -2.09. The van der Waals surface area contributed by atoms with Crippen molar-refractivity contribution in [3.05, 3.63) is 35.4 Å². The van der Waals surface area contributed by atoms with Gasteiger partial charge in [-0.2, -0.15) is 0 Å². The molecule has 76 valence electrons. The topological polar surface area (TPSA) is 12.0 Å². The predicted octanol–water partition coefficient (Wildman–Crippen LogP) is 2.71. The SMILES string of the molecule is CC[C@H]1CNC[C@H]1c1cccc(C)c1. The zero-order valence-corrected chi connectivity index (χ0v) is 9.09. The van der Waals surface area contributed by atoms with Gasteiger partial charge in [-0.05, 0) is 24.9 Å². The van der Waals surface area contributed by atoms with Crippen molar-refractivity contribution < 1.29 is 0 Å². The van der Waals surface area contributed by atoms with Gasteiger partial charge in [-0.15, -0.1) is 0 Å². The number of hydrogen-bond acceptors (Lipinski definition) is 1. The molecule has 1 saturated heterocycles. The molecule has 1 heterocycles. The van der Waals surface area contributed by atoms with Gasteiger partial charge in [0.1, 0.15) is 0 Å². The quantitative estimate of drug-likeness (QED) is 0.754. The van der Waals surface area contributed by atoms with E-state index in [2.05, 4.69) is 43.4 Å². The third-order valence-corrected chi connectivity index (χ3v) is 3.33. The van der Waals surface area contributed by atoms with Crippen molar-refractivity contribution in [2.24, 2.45) is 5.92 Å². The van der Waals surface area contributed by atoms with Crippen molar-refractivity contribution in [3.63, 3.8) is 0 Å². The van der Waals surface area contributed by atoms with Gasteiger partial charge in [0.25, 0.3) is 0 Å². The van der Waals surface area contributed by atoms with E-state index in [9.17, 15) is 0 Å². The summed E-state index contributed by atoms with van der Waals surface area (Å²) in [5.41, 5.74) is 2.89. The average molecular weight is 189 g/mol. The number of aryl methyl sites for hydroxylation is 1. The zero-order chi connectivity index (χ0) is 9.97. The molecule has 0 saturated carbocycles. The summed E-state index contributed by atoms with van der Waals surface area (Å²) in [6, 6.07) is 8.95. The van der Waals surface area contributed by atoms with Crippen LogP contribution in [0.5, 0.6) is 0 Å². The third-order valence-electron chi connectivity index (χ3n) is 3.33. The lowest BCUT2D eigenvalue weighted by molar-refractivity contribution is 0.502. The lowest BCUT2D eigenvalue weighted by Gasteiger charge is -2.17. The summed E-state index contributed by atoms with van der Waals surface area (Å²) in [6.45, 7) is 6.81. The van der Waals surface area contributed by atoms with Crippen LogP contribution in [0.3, 0.4) is 0 Å². The first kappa shape index (κ1) is 9.72. The minimum Gasteiger partial charge on any atom is -0.316 e. The van der Waals surface area contributed by atoms with E-state index in [1.165, 1.54) is 24.1 Å². The fraction of sp³-hybridized carbons (Fsp3) is 0.538. The van der Waals surface area contributed by atoms with Crippen LogP contribution in [0.1, 0.15) is 30.4 Å². The maximum atomic E-state index is 3.49. The summed E-state index contributed by atoms with van der Waals surface area (Å²) in [5, 5.41) is 3.49. The number of nitrogens with one attached hydrogen (secondary N) is 1. The summed E-state index contributed by atoms with van der Waals surface area (Å²) in [5.74, 6) is 1.57. The van der Waals surface area contributed by atoms with Crippen molar-refractivity contribution >= 4 is 0 Å². The Labute approximate surface area is 86.5 Å². The van der Waals surface area contributed by atoms with Crippen molar-refractivity contribution in [3.8, 4) is 0 Å². The van der Waals surface area contributed by atoms with Crippen LogP contribution < -0.4 is 5.32 Å². The van der Waals surface area contributed by atoms with Crippen LogP contribution in [0, 0.1) is 12.8 Å². The summed E-state index contributed by atoms with van der Waals surface area (Å²) < 4.78 is 0. The highest BCUT2D eigenvalue weighted by molar-refractivity contribution is 5.27. The molecule has 1 aliphatic heterocycles. The Hall–Kier alpha value is -0.820. The second-order valence-corrected chi connectivity index (χ2v) is 4.35. The highest BCUT2D eigenvalue weighted by atomic mass is 14.9. The fourth-order valence-corrected chi connectivity index (χ4v) is 2.45. The Kier molecular flexibility index (Phi) is 2.87. The molecule has 0 amide bonds. The average Bonchev–Trinajstić information content (AvgIpc) is 2.65. The highest BCUT2D eigenvalue weighted by Gasteiger charge is 2.26. The molecule has 0 unspecified atom stereocenters. The standard InChI is InChI=1S/C13H19N/c1-3-11-8-14-9-13(11)12-6-4-5-10(2)7-12/h4-7,11,13-14H,3,8-9H2,1-2H3/t11-,13+/m0/s1. The summed E-state index contributed by atoms with van der Waals surface area (Å²) >= 11 is 0. The first-order valence-electron chi connectivity index (χ1n) is 5.58. The van der Waals surface area contributed by atoms with Gasteiger partial charge >= 0.3 is 0 Å². The van der Waals surface area contributed by atoms with Crippen LogP contribution in [0.4, 0.5) is 0 Å². The Morgan fingerprint density at radius 2 is 2.21 bits per heavy atom. The van der Waals surface area contributed by atoms with E-state index in [1.54, 1.807) is 0 Å². The first-order chi connectivity index (χ1) is 6.81. The number of hydrogen-bond donors (Lipinski definition) is 1. The minimum atomic E-state index is 0.736. The summed E-state index contributed by atoms with van der Waals surface area (Å²) in [4.78, 5) is 0. The zero-order valence-electron chi connectivity index (χ0n) is 9.09.